The van der Waals surface area contributed by atoms with Gasteiger partial charge in [0.1, 0.15) is 11.6 Å². The van der Waals surface area contributed by atoms with Crippen molar-refractivity contribution in [2.75, 3.05) is 26.0 Å². The third-order valence-electron chi connectivity index (χ3n) is 6.70. The number of phenolic OH excluding ortho intramolecular Hbond substituents is 1. The zero-order chi connectivity index (χ0) is 22.9. The van der Waals surface area contributed by atoms with E-state index in [1.165, 1.54) is 36.7 Å². The van der Waals surface area contributed by atoms with Crippen molar-refractivity contribution in [1.29, 1.82) is 0 Å². The fourth-order valence-electron chi connectivity index (χ4n) is 5.21. The molecule has 0 saturated carbocycles. The second-order valence-electron chi connectivity index (χ2n) is 10.0. The van der Waals surface area contributed by atoms with Crippen LogP contribution in [0.4, 0.5) is 5.82 Å². The molecule has 2 atom stereocenters. The number of aromatic nitrogens is 2. The quantitative estimate of drug-likeness (QED) is 0.600. The fourth-order valence-corrected chi connectivity index (χ4v) is 5.21. The Labute approximate surface area is 189 Å². The molecule has 170 valence electrons. The van der Waals surface area contributed by atoms with E-state index in [0.29, 0.717) is 17.2 Å². The number of benzene rings is 1. The van der Waals surface area contributed by atoms with Crippen molar-refractivity contribution in [2.24, 2.45) is 5.92 Å². The number of hydrogen-bond donors (Lipinski definition) is 3. The number of hydrogen-bond acceptors (Lipinski definition) is 6. The van der Waals surface area contributed by atoms with Crippen molar-refractivity contribution >= 4 is 17.8 Å². The van der Waals surface area contributed by atoms with Gasteiger partial charge in [-0.2, -0.15) is 0 Å². The van der Waals surface area contributed by atoms with E-state index in [1.54, 1.807) is 32.3 Å². The Hall–Kier alpha value is -2.93. The molecule has 2 bridgehead atoms. The second-order valence-corrected chi connectivity index (χ2v) is 10.0. The maximum Gasteiger partial charge on any atom is 0.246 e. The van der Waals surface area contributed by atoms with E-state index in [1.807, 2.05) is 18.2 Å². The number of piperidine rings is 1. The van der Waals surface area contributed by atoms with Crippen molar-refractivity contribution in [3.63, 3.8) is 0 Å². The number of carbonyl (C=O) groups excluding carboxylic acids is 1. The number of rotatable bonds is 6. The molecule has 7 nitrogen and oxygen atoms in total. The van der Waals surface area contributed by atoms with E-state index in [0.717, 1.165) is 17.9 Å². The Morgan fingerprint density at radius 3 is 2.50 bits per heavy atom. The Balaban J connectivity index is 1.38. The monoisotopic (exact) mass is 435 g/mol. The Kier molecular flexibility index (Phi) is 5.95. The highest BCUT2D eigenvalue weighted by atomic mass is 16.3. The van der Waals surface area contributed by atoms with Gasteiger partial charge in [-0.3, -0.25) is 4.79 Å². The van der Waals surface area contributed by atoms with Gasteiger partial charge in [0.25, 0.3) is 0 Å². The van der Waals surface area contributed by atoms with Crippen LogP contribution in [0.15, 0.2) is 36.4 Å². The second kappa shape index (κ2) is 8.54. The summed E-state index contributed by atoms with van der Waals surface area (Å²) in [7, 11) is 3.39. The zero-order valence-corrected chi connectivity index (χ0v) is 19.4. The van der Waals surface area contributed by atoms with Crippen molar-refractivity contribution in [3.8, 4) is 17.0 Å². The van der Waals surface area contributed by atoms with E-state index >= 15 is 0 Å². The lowest BCUT2D eigenvalue weighted by atomic mass is 9.80. The summed E-state index contributed by atoms with van der Waals surface area (Å²) >= 11 is 0. The normalized spacial score (nSPS) is 26.9. The Morgan fingerprint density at radius 1 is 1.19 bits per heavy atom. The molecule has 2 aliphatic rings. The summed E-state index contributed by atoms with van der Waals surface area (Å²) in [5.41, 5.74) is 2.47. The summed E-state index contributed by atoms with van der Waals surface area (Å²) in [4.78, 5) is 13.2. The number of fused-ring (bicyclic) bond motifs is 2. The molecule has 2 saturated heterocycles. The lowest BCUT2D eigenvalue weighted by Gasteiger charge is -2.42. The van der Waals surface area contributed by atoms with Gasteiger partial charge in [0.15, 0.2) is 0 Å². The highest BCUT2D eigenvalue weighted by molar-refractivity contribution is 5.91. The number of likely N-dealkylation sites (N-methyl/N-ethyl adjacent to an activating group) is 1. The zero-order valence-electron chi connectivity index (χ0n) is 19.4. The summed E-state index contributed by atoms with van der Waals surface area (Å²) in [6.07, 6.45) is 8.00. The predicted molar refractivity (Wildman–Crippen MR) is 127 cm³/mol. The van der Waals surface area contributed by atoms with Gasteiger partial charge >= 0.3 is 0 Å². The van der Waals surface area contributed by atoms with Crippen molar-refractivity contribution in [1.82, 2.24) is 20.4 Å². The molecule has 4 rings (SSSR count). The Morgan fingerprint density at radius 2 is 1.91 bits per heavy atom. The first-order valence-electron chi connectivity index (χ1n) is 11.2. The van der Waals surface area contributed by atoms with Crippen LogP contribution >= 0.6 is 0 Å². The van der Waals surface area contributed by atoms with Gasteiger partial charge in [-0.15, -0.1) is 10.2 Å². The van der Waals surface area contributed by atoms with Gasteiger partial charge in [0.2, 0.25) is 5.91 Å². The highest BCUT2D eigenvalue weighted by Gasteiger charge is 2.48. The third kappa shape index (κ3) is 4.93. The summed E-state index contributed by atoms with van der Waals surface area (Å²) < 4.78 is 0. The maximum absolute atomic E-state index is 11.7. The van der Waals surface area contributed by atoms with Gasteiger partial charge in [-0.05, 0) is 81.4 Å². The van der Waals surface area contributed by atoms with E-state index in [-0.39, 0.29) is 22.7 Å². The minimum absolute atomic E-state index is 0.103. The Bertz CT molecular complexity index is 1000. The molecule has 3 N–H and O–H groups in total. The van der Waals surface area contributed by atoms with Crippen LogP contribution in [0.1, 0.15) is 45.1 Å². The number of nitrogens with zero attached hydrogens (tertiary/aromatic N) is 3. The van der Waals surface area contributed by atoms with Crippen LogP contribution in [0.5, 0.6) is 5.75 Å². The highest BCUT2D eigenvalue weighted by Crippen LogP contribution is 2.44. The third-order valence-corrected chi connectivity index (χ3v) is 6.70. The fraction of sp³-hybridized carbons (Fsp3) is 0.480. The van der Waals surface area contributed by atoms with Gasteiger partial charge < -0.3 is 20.6 Å². The molecule has 1 amide bonds. The lowest BCUT2D eigenvalue weighted by molar-refractivity contribution is -0.123. The first kappa shape index (κ1) is 22.3. The van der Waals surface area contributed by atoms with Crippen LogP contribution < -0.4 is 10.6 Å². The molecule has 0 aliphatic carbocycles. The van der Waals surface area contributed by atoms with Crippen LogP contribution in [-0.4, -0.2) is 57.8 Å². The van der Waals surface area contributed by atoms with Crippen LogP contribution in [0.25, 0.3) is 17.3 Å². The number of nitrogens with one attached hydrogen (secondary N) is 2. The van der Waals surface area contributed by atoms with Gasteiger partial charge in [0.05, 0.1) is 5.69 Å². The molecule has 2 fully saturated rings. The maximum atomic E-state index is 11.7. The molecule has 32 heavy (non-hydrogen) atoms. The molecule has 2 aliphatic heterocycles. The van der Waals surface area contributed by atoms with Gasteiger partial charge in [0, 0.05) is 43.4 Å². The van der Waals surface area contributed by atoms with E-state index in [9.17, 15) is 9.90 Å². The molecule has 3 heterocycles. The smallest absolute Gasteiger partial charge is 0.246 e. The molecule has 1 aromatic heterocycles. The van der Waals surface area contributed by atoms with Gasteiger partial charge in [-0.25, -0.2) is 0 Å². The van der Waals surface area contributed by atoms with Crippen LogP contribution in [0, 0.1) is 5.92 Å². The average molecular weight is 436 g/mol. The summed E-state index contributed by atoms with van der Waals surface area (Å²) in [5.74, 6) is 1.35. The largest absolute Gasteiger partial charge is 0.507 e. The average Bonchev–Trinajstić information content (AvgIpc) is 2.98. The molecule has 1 aromatic carbocycles. The van der Waals surface area contributed by atoms with E-state index in [4.69, 9.17) is 0 Å². The lowest BCUT2D eigenvalue weighted by Crippen LogP contribution is -2.54. The van der Waals surface area contributed by atoms with Gasteiger partial charge in [-0.1, -0.05) is 6.07 Å². The molecule has 2 unspecified atom stereocenters. The molecule has 0 spiro atoms. The SMILES string of the molecule is CN(C)C(=O)/C=C/c1ccc(-c2ccc(NCC3CC4(C)CCC(C)(C3)N4)nn2)c(O)c1. The minimum Gasteiger partial charge on any atom is -0.507 e. The molecule has 7 heteroatoms. The van der Waals surface area contributed by atoms with Crippen molar-refractivity contribution < 1.29 is 9.90 Å². The van der Waals surface area contributed by atoms with Crippen molar-refractivity contribution in [2.45, 2.75) is 50.6 Å². The molecular formula is C25H33N5O2. The first-order chi connectivity index (χ1) is 15.1. The van der Waals surface area contributed by atoms with E-state index < -0.39 is 0 Å². The number of amides is 1. The summed E-state index contributed by atoms with van der Waals surface area (Å²) in [6.45, 7) is 5.57. The van der Waals surface area contributed by atoms with Crippen LogP contribution in [-0.2, 0) is 4.79 Å². The minimum atomic E-state index is -0.108. The summed E-state index contributed by atoms with van der Waals surface area (Å²) in [5, 5.41) is 26.3. The molecular weight excluding hydrogens is 402 g/mol. The van der Waals surface area contributed by atoms with Crippen LogP contribution in [0.3, 0.4) is 0 Å². The number of aromatic hydroxyl groups is 1. The first-order valence-corrected chi connectivity index (χ1v) is 11.2. The summed E-state index contributed by atoms with van der Waals surface area (Å²) in [6, 6.07) is 9.03. The van der Waals surface area contributed by atoms with E-state index in [2.05, 4.69) is 34.7 Å². The number of anilines is 1. The molecule has 2 aromatic rings. The number of phenols is 1. The molecule has 0 radical (unpaired) electrons. The topological polar surface area (TPSA) is 90.4 Å². The standard InChI is InChI=1S/C25H33N5O2/c1-24-11-12-25(2,29-24)15-18(14-24)16-26-22-9-8-20(27-28-22)19-7-5-17(13-21(19)31)6-10-23(32)30(3)4/h5-10,13,18,29,31H,11-12,14-16H2,1-4H3,(H,26,28)/b10-6+. The van der Waals surface area contributed by atoms with Crippen molar-refractivity contribution in [3.05, 3.63) is 42.0 Å². The van der Waals surface area contributed by atoms with Crippen LogP contribution in [0.2, 0.25) is 0 Å². The number of carbonyl (C=O) groups is 1. The predicted octanol–water partition coefficient (Wildman–Crippen LogP) is 3.67.